The van der Waals surface area contributed by atoms with E-state index in [9.17, 15) is 0 Å². The van der Waals surface area contributed by atoms with E-state index in [0.29, 0.717) is 21.4 Å². The fourth-order valence-electron chi connectivity index (χ4n) is 10.3. The van der Waals surface area contributed by atoms with Crippen LogP contribution in [0.5, 0.6) is 0 Å². The number of benzene rings is 4. The Hall–Kier alpha value is -4.35. The highest BCUT2D eigenvalue weighted by Gasteiger charge is 2.53. The average Bonchev–Trinajstić information content (AvgIpc) is 3.56. The summed E-state index contributed by atoms with van der Waals surface area (Å²) >= 11 is 0. The first kappa shape index (κ1) is 41.4. The van der Waals surface area contributed by atoms with Gasteiger partial charge in [0.2, 0.25) is 9.84 Å². The van der Waals surface area contributed by atoms with Crippen molar-refractivity contribution in [3.63, 3.8) is 0 Å². The summed E-state index contributed by atoms with van der Waals surface area (Å²) in [6, 6.07) is 29.1. The third-order valence-electron chi connectivity index (χ3n) is 14.2. The average molecular weight is 807 g/mol. The van der Waals surface area contributed by atoms with E-state index < -0.39 is 15.4 Å². The van der Waals surface area contributed by atoms with Crippen molar-refractivity contribution in [1.82, 2.24) is 0 Å². The molecule has 0 N–H and O–H groups in total. The van der Waals surface area contributed by atoms with Crippen molar-refractivity contribution in [3.8, 4) is 0 Å². The highest BCUT2D eigenvalue weighted by molar-refractivity contribution is 7.91. The zero-order valence-electron chi connectivity index (χ0n) is 38.0. The van der Waals surface area contributed by atoms with Gasteiger partial charge >= 0.3 is 0 Å². The van der Waals surface area contributed by atoms with Crippen LogP contribution >= 0.6 is 0 Å². The minimum Gasteiger partial charge on any atom is -0.332 e. The number of hydrogen-bond donors (Lipinski definition) is 0. The summed E-state index contributed by atoms with van der Waals surface area (Å²) in [7, 11) is -4.08. The Balaban J connectivity index is 1.31. The number of fused-ring (bicyclic) bond motifs is 6. The van der Waals surface area contributed by atoms with Crippen molar-refractivity contribution < 1.29 is 8.42 Å². The highest BCUT2D eigenvalue weighted by atomic mass is 32.2. The standard InChI is InChI=1S/C54H66N2O2S/c1-49(2,3)35-23-26-42-39(31-35)40-32-37(51(7,8)9)29-30-54(40,14)56(42)45-20-16-18-22-47(45)59(57,58)46-21-17-15-19-44(46)55-43-27-24-36(50(4,5)6)33-41(43)53(13)34-38(52(10,11)12)25-28-48(53)55/h15-33,38,40,48H,34H2,1-14H3. The van der Waals surface area contributed by atoms with Crippen molar-refractivity contribution in [2.45, 2.75) is 147 Å². The van der Waals surface area contributed by atoms with E-state index in [4.69, 9.17) is 0 Å². The van der Waals surface area contributed by atoms with Crippen LogP contribution in [-0.4, -0.2) is 20.0 Å². The van der Waals surface area contributed by atoms with Gasteiger partial charge in [0.05, 0.1) is 32.7 Å². The fraction of sp³-hybridized carbons (Fsp3) is 0.444. The number of nitrogens with zero attached hydrogens (tertiary/aromatic N) is 2. The van der Waals surface area contributed by atoms with Gasteiger partial charge < -0.3 is 9.80 Å². The third-order valence-corrected chi connectivity index (χ3v) is 16.0. The fourth-order valence-corrected chi connectivity index (χ4v) is 11.9. The number of hydrogen-bond acceptors (Lipinski definition) is 4. The number of sulfone groups is 1. The minimum atomic E-state index is -4.08. The second kappa shape index (κ2) is 13.3. The molecule has 0 bridgehead atoms. The second-order valence-electron chi connectivity index (χ2n) is 22.5. The lowest BCUT2D eigenvalue weighted by Gasteiger charge is -2.44. The predicted molar refractivity (Wildman–Crippen MR) is 249 cm³/mol. The van der Waals surface area contributed by atoms with Crippen molar-refractivity contribution in [2.24, 2.45) is 16.7 Å². The molecule has 2 heterocycles. The molecule has 4 aromatic carbocycles. The molecule has 0 saturated heterocycles. The van der Waals surface area contributed by atoms with Gasteiger partial charge in [-0.05, 0) is 105 Å². The third kappa shape index (κ3) is 6.57. The summed E-state index contributed by atoms with van der Waals surface area (Å²) in [6.45, 7) is 32.1. The molecule has 310 valence electrons. The molecule has 4 aromatic rings. The van der Waals surface area contributed by atoms with E-state index in [0.717, 1.165) is 23.5 Å². The van der Waals surface area contributed by atoms with E-state index in [-0.39, 0.29) is 39.0 Å². The van der Waals surface area contributed by atoms with Crippen LogP contribution in [0.3, 0.4) is 0 Å². The molecule has 0 fully saturated rings. The Kier molecular flexibility index (Phi) is 9.35. The maximum atomic E-state index is 15.8. The molecule has 8 rings (SSSR count). The van der Waals surface area contributed by atoms with Crippen LogP contribution in [0, 0.1) is 16.7 Å². The molecule has 0 saturated carbocycles. The zero-order chi connectivity index (χ0) is 42.9. The SMILES string of the molecule is CC(C)(C)C1=CC2c3cc(C(C)(C)C)ccc3N(c3ccccc3S(=O)(=O)c3ccccc3N3c4ccc(C(C)(C)C)cc4C4(C)CC(C(C)(C)C)C=CC34)C2(C)C=C1. The molecule has 0 amide bonds. The minimum absolute atomic E-state index is 0.0248. The largest absolute Gasteiger partial charge is 0.332 e. The molecular formula is C54H66N2O2S. The summed E-state index contributed by atoms with van der Waals surface area (Å²) in [6.07, 6.45) is 12.8. The monoisotopic (exact) mass is 806 g/mol. The highest BCUT2D eigenvalue weighted by Crippen LogP contribution is 2.60. The maximum Gasteiger partial charge on any atom is 0.210 e. The normalized spacial score (nSPS) is 25.4. The molecule has 59 heavy (non-hydrogen) atoms. The van der Waals surface area contributed by atoms with Crippen LogP contribution in [0.15, 0.2) is 131 Å². The van der Waals surface area contributed by atoms with Crippen molar-refractivity contribution in [2.75, 3.05) is 9.80 Å². The van der Waals surface area contributed by atoms with Crippen molar-refractivity contribution in [1.29, 1.82) is 0 Å². The summed E-state index contributed by atoms with van der Waals surface area (Å²) in [5.74, 6) is 0.422. The molecule has 5 unspecified atom stereocenters. The number of rotatable bonds is 4. The summed E-state index contributed by atoms with van der Waals surface area (Å²) in [5.41, 5.74) is 9.20. The topological polar surface area (TPSA) is 40.6 Å². The van der Waals surface area contributed by atoms with Gasteiger partial charge in [0.15, 0.2) is 0 Å². The van der Waals surface area contributed by atoms with E-state index in [1.54, 1.807) is 0 Å². The Bertz CT molecular complexity index is 2550. The van der Waals surface area contributed by atoms with Gasteiger partial charge in [0, 0.05) is 22.7 Å². The lowest BCUT2D eigenvalue weighted by molar-refractivity contribution is 0.211. The number of para-hydroxylation sites is 2. The summed E-state index contributed by atoms with van der Waals surface area (Å²) < 4.78 is 31.5. The molecular weight excluding hydrogens is 741 g/mol. The first-order valence-corrected chi connectivity index (χ1v) is 23.2. The van der Waals surface area contributed by atoms with E-state index in [1.165, 1.54) is 27.8 Å². The van der Waals surface area contributed by atoms with Gasteiger partial charge in [-0.25, -0.2) is 8.42 Å². The van der Waals surface area contributed by atoms with Gasteiger partial charge in [-0.2, -0.15) is 0 Å². The second-order valence-corrected chi connectivity index (χ2v) is 24.4. The maximum absolute atomic E-state index is 15.8. The number of anilines is 4. The zero-order valence-corrected chi connectivity index (χ0v) is 38.8. The van der Waals surface area contributed by atoms with Crippen LogP contribution in [0.2, 0.25) is 0 Å². The van der Waals surface area contributed by atoms with E-state index in [2.05, 4.69) is 174 Å². The van der Waals surface area contributed by atoms with Gasteiger partial charge in [-0.1, -0.05) is 169 Å². The van der Waals surface area contributed by atoms with E-state index in [1.807, 2.05) is 48.5 Å². The van der Waals surface area contributed by atoms with Crippen LogP contribution in [0.1, 0.15) is 132 Å². The molecule has 2 aliphatic heterocycles. The Morgan fingerprint density at radius 1 is 0.627 bits per heavy atom. The predicted octanol–water partition coefficient (Wildman–Crippen LogP) is 14.1. The lowest BCUT2D eigenvalue weighted by Crippen LogP contribution is -2.45. The van der Waals surface area contributed by atoms with Crippen LogP contribution < -0.4 is 9.80 Å². The molecule has 0 aromatic heterocycles. The molecule has 0 radical (unpaired) electrons. The van der Waals surface area contributed by atoms with Gasteiger partial charge in [-0.3, -0.25) is 0 Å². The molecule has 4 nitrogen and oxygen atoms in total. The molecule has 2 aliphatic carbocycles. The Morgan fingerprint density at radius 2 is 1.19 bits per heavy atom. The summed E-state index contributed by atoms with van der Waals surface area (Å²) in [4.78, 5) is 5.30. The number of allylic oxidation sites excluding steroid dienone is 3. The lowest BCUT2D eigenvalue weighted by atomic mass is 9.63. The first-order chi connectivity index (χ1) is 27.3. The molecule has 5 heteroatoms. The smallest absolute Gasteiger partial charge is 0.210 e. The summed E-state index contributed by atoms with van der Waals surface area (Å²) in [5, 5.41) is 0. The first-order valence-electron chi connectivity index (χ1n) is 21.7. The molecule has 0 spiro atoms. The van der Waals surface area contributed by atoms with Gasteiger partial charge in [0.1, 0.15) is 0 Å². The van der Waals surface area contributed by atoms with Crippen molar-refractivity contribution in [3.05, 3.63) is 143 Å². The Labute approximate surface area is 356 Å². The van der Waals surface area contributed by atoms with Gasteiger partial charge in [-0.15, -0.1) is 0 Å². The molecule has 4 aliphatic rings. The van der Waals surface area contributed by atoms with Crippen LogP contribution in [-0.2, 0) is 26.1 Å². The van der Waals surface area contributed by atoms with Crippen molar-refractivity contribution >= 4 is 32.6 Å². The van der Waals surface area contributed by atoms with E-state index >= 15 is 8.42 Å². The molecule has 5 atom stereocenters. The quantitative estimate of drug-likeness (QED) is 0.193. The van der Waals surface area contributed by atoms with Crippen LogP contribution in [0.25, 0.3) is 0 Å². The van der Waals surface area contributed by atoms with Crippen LogP contribution in [0.4, 0.5) is 22.7 Å². The van der Waals surface area contributed by atoms with Gasteiger partial charge in [0.25, 0.3) is 0 Å². The Morgan fingerprint density at radius 3 is 1.78 bits per heavy atom.